The van der Waals surface area contributed by atoms with Gasteiger partial charge in [0.1, 0.15) is 17.4 Å². The van der Waals surface area contributed by atoms with Gasteiger partial charge in [-0.25, -0.2) is 22.6 Å². The zero-order valence-corrected chi connectivity index (χ0v) is 25.9. The molecule has 3 N–H and O–H groups in total. The van der Waals surface area contributed by atoms with Crippen LogP contribution in [0, 0.1) is 5.82 Å². The Balaban J connectivity index is 1.36. The summed E-state index contributed by atoms with van der Waals surface area (Å²) >= 11 is 0.937. The van der Waals surface area contributed by atoms with Crippen LogP contribution in [0.25, 0.3) is 21.3 Å². The Bertz CT molecular complexity index is 1810. The molecule has 1 aliphatic rings. The minimum Gasteiger partial charge on any atom is -0.444 e. The molecule has 3 amide bonds. The molecule has 1 aromatic heterocycles. The number of rotatable bonds is 13. The molecule has 0 radical (unpaired) electrons. The van der Waals surface area contributed by atoms with Gasteiger partial charge < -0.3 is 20.1 Å². The third kappa shape index (κ3) is 8.41. The van der Waals surface area contributed by atoms with Crippen molar-refractivity contribution in [1.82, 2.24) is 15.6 Å². The van der Waals surface area contributed by atoms with Gasteiger partial charge in [-0.1, -0.05) is 42.5 Å². The minimum atomic E-state index is -4.12. The number of anilines is 1. The lowest BCUT2D eigenvalue weighted by atomic mass is 10.0. The Morgan fingerprint density at radius 1 is 1.07 bits per heavy atom. The van der Waals surface area contributed by atoms with Crippen LogP contribution in [0.1, 0.15) is 28.7 Å². The summed E-state index contributed by atoms with van der Waals surface area (Å²) in [5.74, 6) is -2.42. The fourth-order valence-corrected chi connectivity index (χ4v) is 7.41. The Kier molecular flexibility index (Phi) is 10.1. The van der Waals surface area contributed by atoms with Crippen LogP contribution in [0.4, 0.5) is 14.9 Å². The molecule has 5 rings (SSSR count). The summed E-state index contributed by atoms with van der Waals surface area (Å²) < 4.78 is 52.5. The van der Waals surface area contributed by atoms with Crippen molar-refractivity contribution < 1.29 is 36.7 Å². The number of fused-ring (bicyclic) bond motifs is 1. The normalized spacial score (nSPS) is 13.6. The van der Waals surface area contributed by atoms with Crippen molar-refractivity contribution in [2.24, 2.45) is 0 Å². The maximum atomic E-state index is 15.4. The number of methoxy groups -OCH3 is 1. The number of hydrogen-bond acceptors (Lipinski definition) is 9. The maximum Gasteiger partial charge on any atom is 0.411 e. The van der Waals surface area contributed by atoms with Crippen LogP contribution in [0.2, 0.25) is 0 Å². The Hall–Kier alpha value is -4.40. The lowest BCUT2D eigenvalue weighted by Gasteiger charge is -2.15. The van der Waals surface area contributed by atoms with E-state index in [0.717, 1.165) is 29.7 Å². The van der Waals surface area contributed by atoms with E-state index in [9.17, 15) is 22.8 Å². The topological polar surface area (TPSA) is 153 Å². The number of thiazole rings is 1. The quantitative estimate of drug-likeness (QED) is 0.193. The van der Waals surface area contributed by atoms with Gasteiger partial charge in [0.15, 0.2) is 15.1 Å². The molecular weight excluding hydrogens is 623 g/mol. The van der Waals surface area contributed by atoms with Gasteiger partial charge in [-0.2, -0.15) is 0 Å². The van der Waals surface area contributed by atoms with Crippen LogP contribution in [-0.4, -0.2) is 63.4 Å². The highest BCUT2D eigenvalue weighted by Gasteiger charge is 2.37. The molecule has 0 bridgehead atoms. The molecule has 236 valence electrons. The molecular formula is C31H31FN4O7S2. The Morgan fingerprint density at radius 2 is 1.84 bits per heavy atom. The predicted molar refractivity (Wildman–Crippen MR) is 168 cm³/mol. The van der Waals surface area contributed by atoms with Crippen LogP contribution in [-0.2, 0) is 35.5 Å². The van der Waals surface area contributed by atoms with Crippen LogP contribution in [0.5, 0.6) is 0 Å². The Labute approximate surface area is 263 Å². The smallest absolute Gasteiger partial charge is 0.411 e. The molecule has 1 heterocycles. The first-order chi connectivity index (χ1) is 21.6. The largest absolute Gasteiger partial charge is 0.444 e. The van der Waals surface area contributed by atoms with Crippen LogP contribution < -0.4 is 16.0 Å². The van der Waals surface area contributed by atoms with E-state index in [0.29, 0.717) is 16.0 Å². The van der Waals surface area contributed by atoms with Crippen molar-refractivity contribution in [1.29, 1.82) is 0 Å². The van der Waals surface area contributed by atoms with Gasteiger partial charge in [0.05, 0.1) is 29.1 Å². The molecule has 45 heavy (non-hydrogen) atoms. The predicted octanol–water partition coefficient (Wildman–Crippen LogP) is 4.35. The molecule has 0 saturated heterocycles. The first kappa shape index (κ1) is 32.0. The first-order valence-corrected chi connectivity index (χ1v) is 16.6. The number of carbonyl (C=O) groups is 3. The highest BCUT2D eigenvalue weighted by Crippen LogP contribution is 2.36. The molecule has 1 atom stereocenters. The van der Waals surface area contributed by atoms with E-state index in [1.54, 1.807) is 24.3 Å². The molecule has 1 saturated carbocycles. The zero-order valence-electron chi connectivity index (χ0n) is 24.2. The number of aromatic nitrogens is 1. The molecule has 1 unspecified atom stereocenters. The zero-order chi connectivity index (χ0) is 32.0. The number of halogens is 1. The molecule has 11 nitrogen and oxygen atoms in total. The molecule has 0 aliphatic heterocycles. The fraction of sp³-hybridized carbons (Fsp3) is 0.290. The van der Waals surface area contributed by atoms with Crippen LogP contribution in [0.3, 0.4) is 0 Å². The van der Waals surface area contributed by atoms with Crippen molar-refractivity contribution in [3.63, 3.8) is 0 Å². The van der Waals surface area contributed by atoms with Gasteiger partial charge in [0, 0.05) is 30.5 Å². The van der Waals surface area contributed by atoms with Crippen molar-refractivity contribution >= 4 is 55.0 Å². The number of amides is 3. The first-order valence-electron chi connectivity index (χ1n) is 14.1. The number of carbonyl (C=O) groups excluding carboxylic acids is 3. The number of hydrogen-bond donors (Lipinski definition) is 3. The molecule has 1 aliphatic carbocycles. The number of ether oxygens (including phenoxy) is 2. The highest BCUT2D eigenvalue weighted by atomic mass is 32.2. The van der Waals surface area contributed by atoms with Crippen molar-refractivity contribution in [3.05, 3.63) is 83.1 Å². The second kappa shape index (κ2) is 14.1. The second-order valence-corrected chi connectivity index (χ2v) is 13.7. The summed E-state index contributed by atoms with van der Waals surface area (Å²) in [4.78, 5) is 42.0. The van der Waals surface area contributed by atoms with E-state index in [2.05, 4.69) is 20.9 Å². The average Bonchev–Trinajstić information content (AvgIpc) is 3.74. The van der Waals surface area contributed by atoms with Crippen molar-refractivity contribution in [2.75, 3.05) is 31.3 Å². The summed E-state index contributed by atoms with van der Waals surface area (Å²) in [5, 5.41) is 5.99. The lowest BCUT2D eigenvalue weighted by molar-refractivity contribution is -0.126. The summed E-state index contributed by atoms with van der Waals surface area (Å²) in [7, 11) is -2.78. The highest BCUT2D eigenvalue weighted by molar-refractivity contribution is 7.92. The van der Waals surface area contributed by atoms with E-state index in [-0.39, 0.29) is 41.9 Å². The van der Waals surface area contributed by atoms with Crippen LogP contribution in [0.15, 0.2) is 66.7 Å². The second-order valence-electron chi connectivity index (χ2n) is 10.4. The van der Waals surface area contributed by atoms with Gasteiger partial charge in [-0.15, -0.1) is 11.3 Å². The standard InChI is InChI=1S/C31H31FN4O7S2/c1-42-12-13-45(40,41)28(29(38)33-17-27(37)34-21-10-11-21)30-36-25-16-24(32)23(15-26(25)44-30)20-8-5-9-22(14-20)35-31(39)43-18-19-6-3-2-4-7-19/h2-9,14-16,21,28H,10-13,17-18H2,1H3,(H,33,38)(H,34,37)(H,35,39). The number of benzene rings is 3. The summed E-state index contributed by atoms with van der Waals surface area (Å²) in [6.07, 6.45) is 1.04. The molecule has 3 aromatic carbocycles. The maximum absolute atomic E-state index is 15.4. The summed E-state index contributed by atoms with van der Waals surface area (Å²) in [5.41, 5.74) is 1.99. The van der Waals surface area contributed by atoms with Crippen molar-refractivity contribution in [2.45, 2.75) is 30.7 Å². The third-order valence-corrected chi connectivity index (χ3v) is 10.0. The average molecular weight is 655 g/mol. The van der Waals surface area contributed by atoms with Crippen LogP contribution >= 0.6 is 11.3 Å². The van der Waals surface area contributed by atoms with Gasteiger partial charge >= 0.3 is 6.09 Å². The SMILES string of the molecule is COCCS(=O)(=O)C(C(=O)NCC(=O)NC1CC1)c1nc2cc(F)c(-c3cccc(NC(=O)OCc4ccccc4)c3)cc2s1. The Morgan fingerprint density at radius 3 is 2.58 bits per heavy atom. The van der Waals surface area contributed by atoms with Gasteiger partial charge in [0.2, 0.25) is 11.8 Å². The van der Waals surface area contributed by atoms with Gasteiger partial charge in [-0.05, 0) is 42.2 Å². The molecule has 14 heteroatoms. The van der Waals surface area contributed by atoms with E-state index in [4.69, 9.17) is 9.47 Å². The molecule has 1 fully saturated rings. The monoisotopic (exact) mass is 654 g/mol. The summed E-state index contributed by atoms with van der Waals surface area (Å²) in [6.45, 7) is -0.458. The number of nitrogens with zero attached hydrogens (tertiary/aromatic N) is 1. The molecule has 4 aromatic rings. The third-order valence-electron chi connectivity index (χ3n) is 6.89. The number of sulfone groups is 1. The number of nitrogens with one attached hydrogen (secondary N) is 3. The fourth-order valence-electron chi connectivity index (χ4n) is 4.45. The van der Waals surface area contributed by atoms with E-state index >= 15 is 4.39 Å². The van der Waals surface area contributed by atoms with Gasteiger partial charge in [-0.3, -0.25) is 14.9 Å². The summed E-state index contributed by atoms with van der Waals surface area (Å²) in [6, 6.07) is 18.5. The van der Waals surface area contributed by atoms with E-state index < -0.39 is 44.6 Å². The lowest BCUT2D eigenvalue weighted by Crippen LogP contribution is -2.41. The van der Waals surface area contributed by atoms with Crippen molar-refractivity contribution in [3.8, 4) is 11.1 Å². The van der Waals surface area contributed by atoms with E-state index in [1.807, 2.05) is 30.3 Å². The minimum absolute atomic E-state index is 0.0608. The molecule has 0 spiro atoms. The van der Waals surface area contributed by atoms with Gasteiger partial charge in [0.25, 0.3) is 0 Å². The van der Waals surface area contributed by atoms with E-state index in [1.165, 1.54) is 19.2 Å².